The lowest BCUT2D eigenvalue weighted by Crippen LogP contribution is -2.50. The highest BCUT2D eigenvalue weighted by atomic mass is 19.4. The second kappa shape index (κ2) is 9.56. The van der Waals surface area contributed by atoms with Gasteiger partial charge in [-0.3, -0.25) is 9.88 Å². The van der Waals surface area contributed by atoms with Crippen LogP contribution in [0.2, 0.25) is 0 Å². The number of hydrogen-bond donors (Lipinski definition) is 0. The number of alkyl halides is 3. The van der Waals surface area contributed by atoms with Crippen LogP contribution in [0.25, 0.3) is 21.8 Å². The Morgan fingerprint density at radius 2 is 1.77 bits per heavy atom. The maximum absolute atomic E-state index is 13.9. The maximum Gasteiger partial charge on any atom is 0.417 e. The Bertz CT molecular complexity index is 1210. The summed E-state index contributed by atoms with van der Waals surface area (Å²) in [6, 6.07) is 4.34. The van der Waals surface area contributed by atoms with Crippen molar-refractivity contribution in [1.29, 1.82) is 0 Å². The molecule has 3 aromatic rings. The molecule has 0 aliphatic carbocycles. The summed E-state index contributed by atoms with van der Waals surface area (Å²) in [7, 11) is 1.37. The number of ether oxygens (including phenoxy) is 2. The van der Waals surface area contributed by atoms with E-state index in [0.717, 1.165) is 32.1 Å². The molecule has 1 aliphatic rings. The summed E-state index contributed by atoms with van der Waals surface area (Å²) < 4.78 is 54.3. The van der Waals surface area contributed by atoms with Gasteiger partial charge in [0.15, 0.2) is 0 Å². The summed E-state index contributed by atoms with van der Waals surface area (Å²) in [6.07, 6.45) is -0.950. The van der Waals surface area contributed by atoms with Crippen molar-refractivity contribution in [3.05, 3.63) is 36.2 Å². The minimum absolute atomic E-state index is 0.167. The lowest BCUT2D eigenvalue weighted by Gasteiger charge is -2.35. The van der Waals surface area contributed by atoms with E-state index in [-0.39, 0.29) is 17.2 Å². The summed E-state index contributed by atoms with van der Waals surface area (Å²) in [4.78, 5) is 20.4. The maximum atomic E-state index is 13.9. The van der Waals surface area contributed by atoms with Crippen LogP contribution in [0.4, 0.5) is 18.0 Å². The van der Waals surface area contributed by atoms with Gasteiger partial charge in [-0.2, -0.15) is 13.2 Å². The topological polar surface area (TPSA) is 59.8 Å². The molecule has 3 heterocycles. The Kier molecular flexibility index (Phi) is 6.86. The first kappa shape index (κ1) is 25.1. The van der Waals surface area contributed by atoms with Crippen LogP contribution in [0.1, 0.15) is 32.8 Å². The van der Waals surface area contributed by atoms with Crippen molar-refractivity contribution >= 4 is 27.9 Å². The first-order chi connectivity index (χ1) is 16.5. The fraction of sp³-hybridized carbons (Fsp3) is 0.520. The van der Waals surface area contributed by atoms with Gasteiger partial charge in [0, 0.05) is 55.8 Å². The molecule has 0 atom stereocenters. The zero-order valence-corrected chi connectivity index (χ0v) is 20.5. The third-order valence-corrected chi connectivity index (χ3v) is 6.16. The van der Waals surface area contributed by atoms with E-state index in [4.69, 9.17) is 9.47 Å². The number of hydrogen-bond acceptors (Lipinski definition) is 5. The van der Waals surface area contributed by atoms with E-state index in [1.54, 1.807) is 23.2 Å². The van der Waals surface area contributed by atoms with Crippen LogP contribution in [0.5, 0.6) is 5.75 Å². The zero-order chi connectivity index (χ0) is 25.4. The van der Waals surface area contributed by atoms with E-state index in [9.17, 15) is 18.0 Å². The Balaban J connectivity index is 1.50. The summed E-state index contributed by atoms with van der Waals surface area (Å²) in [6.45, 7) is 9.44. The molecule has 2 aromatic heterocycles. The smallest absolute Gasteiger partial charge is 0.417 e. The third kappa shape index (κ3) is 5.47. The summed E-state index contributed by atoms with van der Waals surface area (Å²) in [5.74, 6) is 0.167. The molecule has 0 unspecified atom stereocenters. The van der Waals surface area contributed by atoms with Gasteiger partial charge in [-0.05, 0) is 45.9 Å². The van der Waals surface area contributed by atoms with Crippen LogP contribution in [0.15, 0.2) is 30.6 Å². The quantitative estimate of drug-likeness (QED) is 0.493. The minimum atomic E-state index is -4.51. The van der Waals surface area contributed by atoms with E-state index in [0.29, 0.717) is 36.1 Å². The molecular weight excluding hydrogens is 461 g/mol. The summed E-state index contributed by atoms with van der Waals surface area (Å²) >= 11 is 0. The van der Waals surface area contributed by atoms with Gasteiger partial charge in [0.2, 0.25) is 0 Å². The monoisotopic (exact) mass is 492 g/mol. The predicted octanol–water partition coefficient (Wildman–Crippen LogP) is 5.16. The van der Waals surface area contributed by atoms with E-state index < -0.39 is 17.3 Å². The second-order valence-corrected chi connectivity index (χ2v) is 9.77. The number of fused-ring (bicyclic) bond motifs is 3. The standard InChI is InChI=1S/C25H31F3N4O3/c1-24(2,3)35-23(33)31-12-10-30(11-13-31)8-5-9-32-20-15-17(34-4)14-19(25(26,27)28)22(20)18-6-7-29-16-21(18)32/h6-7,14-16H,5,8-13H2,1-4H3. The lowest BCUT2D eigenvalue weighted by atomic mass is 10.1. The molecule has 0 saturated carbocycles. The number of benzene rings is 1. The van der Waals surface area contributed by atoms with Crippen LogP contribution in [0, 0.1) is 0 Å². The minimum Gasteiger partial charge on any atom is -0.497 e. The summed E-state index contributed by atoms with van der Waals surface area (Å²) in [5.41, 5.74) is -0.0921. The Morgan fingerprint density at radius 3 is 2.40 bits per heavy atom. The fourth-order valence-corrected chi connectivity index (χ4v) is 4.55. The molecule has 0 radical (unpaired) electrons. The van der Waals surface area contributed by atoms with Gasteiger partial charge in [-0.15, -0.1) is 0 Å². The van der Waals surface area contributed by atoms with E-state index in [2.05, 4.69) is 9.88 Å². The Hall–Kier alpha value is -3.01. The zero-order valence-electron chi connectivity index (χ0n) is 20.5. The summed E-state index contributed by atoms with van der Waals surface area (Å²) in [5, 5.41) is 0.692. The molecule has 35 heavy (non-hydrogen) atoms. The van der Waals surface area contributed by atoms with E-state index in [1.165, 1.54) is 13.3 Å². The number of aromatic nitrogens is 2. The van der Waals surface area contributed by atoms with Crippen LogP contribution >= 0.6 is 0 Å². The van der Waals surface area contributed by atoms with Crippen molar-refractivity contribution in [2.45, 2.75) is 45.5 Å². The van der Waals surface area contributed by atoms with Crippen molar-refractivity contribution < 1.29 is 27.4 Å². The van der Waals surface area contributed by atoms with Gasteiger partial charge in [-0.1, -0.05) is 0 Å². The second-order valence-electron chi connectivity index (χ2n) is 9.77. The van der Waals surface area contributed by atoms with Crippen molar-refractivity contribution in [3.63, 3.8) is 0 Å². The van der Waals surface area contributed by atoms with E-state index in [1.807, 2.05) is 25.3 Å². The number of piperazine rings is 1. The molecule has 10 heteroatoms. The SMILES string of the molecule is COc1cc(C(F)(F)F)c2c3ccncc3n(CCCN3CCN(C(=O)OC(C)(C)C)CC3)c2c1. The molecular formula is C25H31F3N4O3. The predicted molar refractivity (Wildman–Crippen MR) is 128 cm³/mol. The van der Waals surface area contributed by atoms with Gasteiger partial charge in [-0.25, -0.2) is 4.79 Å². The van der Waals surface area contributed by atoms with Gasteiger partial charge < -0.3 is 18.9 Å². The third-order valence-electron chi connectivity index (χ3n) is 6.16. The average Bonchev–Trinajstić information content (AvgIpc) is 3.10. The molecule has 7 nitrogen and oxygen atoms in total. The van der Waals surface area contributed by atoms with Crippen LogP contribution in [0.3, 0.4) is 0 Å². The number of carbonyl (C=O) groups excluding carboxylic acids is 1. The molecule has 1 aromatic carbocycles. The van der Waals surface area contributed by atoms with Crippen LogP contribution in [-0.2, 0) is 17.5 Å². The van der Waals surface area contributed by atoms with Crippen LogP contribution < -0.4 is 4.74 Å². The number of amides is 1. The molecule has 1 fully saturated rings. The van der Waals surface area contributed by atoms with Gasteiger partial charge in [0.25, 0.3) is 0 Å². The van der Waals surface area contributed by atoms with Gasteiger partial charge in [0.05, 0.1) is 29.9 Å². The van der Waals surface area contributed by atoms with Crippen molar-refractivity contribution in [2.75, 3.05) is 39.8 Å². The molecule has 0 N–H and O–H groups in total. The van der Waals surface area contributed by atoms with Crippen molar-refractivity contribution in [2.24, 2.45) is 0 Å². The van der Waals surface area contributed by atoms with Crippen molar-refractivity contribution in [1.82, 2.24) is 19.4 Å². The number of carbonyl (C=O) groups is 1. The van der Waals surface area contributed by atoms with Gasteiger partial charge in [0.1, 0.15) is 11.4 Å². The highest BCUT2D eigenvalue weighted by Crippen LogP contribution is 2.42. The van der Waals surface area contributed by atoms with Gasteiger partial charge >= 0.3 is 12.3 Å². The number of aryl methyl sites for hydroxylation is 1. The number of rotatable bonds is 5. The highest BCUT2D eigenvalue weighted by molar-refractivity contribution is 6.10. The van der Waals surface area contributed by atoms with E-state index >= 15 is 0 Å². The number of halogens is 3. The first-order valence-electron chi connectivity index (χ1n) is 11.7. The average molecular weight is 493 g/mol. The normalized spacial score (nSPS) is 15.7. The Labute approximate surface area is 202 Å². The lowest BCUT2D eigenvalue weighted by molar-refractivity contribution is -0.136. The fourth-order valence-electron chi connectivity index (χ4n) is 4.55. The largest absolute Gasteiger partial charge is 0.497 e. The molecule has 190 valence electrons. The highest BCUT2D eigenvalue weighted by Gasteiger charge is 2.35. The molecule has 0 spiro atoms. The molecule has 1 saturated heterocycles. The molecule has 0 bridgehead atoms. The van der Waals surface area contributed by atoms with Crippen molar-refractivity contribution in [3.8, 4) is 5.75 Å². The molecule has 1 aliphatic heterocycles. The number of pyridine rings is 1. The Morgan fingerprint density at radius 1 is 1.06 bits per heavy atom. The number of nitrogens with zero attached hydrogens (tertiary/aromatic N) is 4. The number of methoxy groups -OCH3 is 1. The first-order valence-corrected chi connectivity index (χ1v) is 11.7. The molecule has 4 rings (SSSR count). The van der Waals surface area contributed by atoms with Crippen LogP contribution in [-0.4, -0.2) is 70.9 Å². The molecule has 1 amide bonds.